The quantitative estimate of drug-likeness (QED) is 0.513. The van der Waals surface area contributed by atoms with Crippen LogP contribution in [0.25, 0.3) is 0 Å². The van der Waals surface area contributed by atoms with Crippen molar-refractivity contribution in [1.29, 1.82) is 0 Å². The van der Waals surface area contributed by atoms with E-state index >= 15 is 0 Å². The molecule has 4 nitrogen and oxygen atoms in total. The van der Waals surface area contributed by atoms with Gasteiger partial charge < -0.3 is 14.8 Å². The Morgan fingerprint density at radius 3 is 2.41 bits per heavy atom. The fourth-order valence-electron chi connectivity index (χ4n) is 2.74. The number of hydrogen-bond donors (Lipinski definition) is 1. The predicted molar refractivity (Wildman–Crippen MR) is 111 cm³/mol. The van der Waals surface area contributed by atoms with Crippen LogP contribution >= 0.6 is 0 Å². The maximum absolute atomic E-state index is 12.5. The molecule has 2 aromatic carbocycles. The molecule has 0 bridgehead atoms. The first-order valence-corrected chi connectivity index (χ1v) is 9.90. The molecule has 27 heavy (non-hydrogen) atoms. The second kappa shape index (κ2) is 11.3. The van der Waals surface area contributed by atoms with E-state index in [2.05, 4.69) is 12.2 Å². The lowest BCUT2D eigenvalue weighted by Crippen LogP contribution is -2.32. The van der Waals surface area contributed by atoms with E-state index in [4.69, 9.17) is 9.47 Å². The van der Waals surface area contributed by atoms with Gasteiger partial charge >= 0.3 is 0 Å². The number of carbonyl (C=O) groups excluding carboxylic acids is 1. The normalized spacial score (nSPS) is 11.7. The molecule has 0 aliphatic rings. The largest absolute Gasteiger partial charge is 0.494 e. The van der Waals surface area contributed by atoms with Crippen LogP contribution in [-0.2, 0) is 4.79 Å². The number of benzene rings is 2. The molecule has 1 N–H and O–H groups in total. The van der Waals surface area contributed by atoms with Crippen LogP contribution in [0, 0.1) is 6.92 Å². The van der Waals surface area contributed by atoms with Crippen LogP contribution < -0.4 is 14.8 Å². The SMILES string of the molecule is CCCCCCOc1ccc(NC(=O)C(CC)Oc2ccccc2C)cc1. The number of para-hydroxylation sites is 1. The van der Waals surface area contributed by atoms with Crippen LogP contribution in [0.4, 0.5) is 5.69 Å². The molecular formula is C23H31NO3. The Morgan fingerprint density at radius 1 is 1.00 bits per heavy atom. The fraction of sp³-hybridized carbons (Fsp3) is 0.435. The van der Waals surface area contributed by atoms with Crippen molar-refractivity contribution in [1.82, 2.24) is 0 Å². The minimum Gasteiger partial charge on any atom is -0.494 e. The molecule has 0 heterocycles. The van der Waals surface area contributed by atoms with Crippen LogP contribution in [-0.4, -0.2) is 18.6 Å². The van der Waals surface area contributed by atoms with E-state index < -0.39 is 6.10 Å². The molecule has 0 radical (unpaired) electrons. The van der Waals surface area contributed by atoms with Gasteiger partial charge in [0.05, 0.1) is 6.61 Å². The molecule has 1 unspecified atom stereocenters. The molecule has 2 aromatic rings. The average Bonchev–Trinajstić information content (AvgIpc) is 2.68. The minimum atomic E-state index is -0.527. The van der Waals surface area contributed by atoms with Gasteiger partial charge in [0.15, 0.2) is 6.10 Å². The summed E-state index contributed by atoms with van der Waals surface area (Å²) in [6, 6.07) is 15.2. The number of rotatable bonds is 11. The number of nitrogens with one attached hydrogen (secondary N) is 1. The van der Waals surface area contributed by atoms with Crippen LogP contribution in [0.5, 0.6) is 11.5 Å². The Morgan fingerprint density at radius 2 is 1.74 bits per heavy atom. The maximum Gasteiger partial charge on any atom is 0.265 e. The second-order valence-corrected chi connectivity index (χ2v) is 6.70. The van der Waals surface area contributed by atoms with E-state index in [0.29, 0.717) is 6.42 Å². The highest BCUT2D eigenvalue weighted by Crippen LogP contribution is 2.20. The highest BCUT2D eigenvalue weighted by Gasteiger charge is 2.19. The van der Waals surface area contributed by atoms with Gasteiger partial charge in [-0.2, -0.15) is 0 Å². The summed E-state index contributed by atoms with van der Waals surface area (Å²) in [5.41, 5.74) is 1.76. The molecule has 0 spiro atoms. The van der Waals surface area contributed by atoms with Crippen molar-refractivity contribution in [3.63, 3.8) is 0 Å². The van der Waals surface area contributed by atoms with Gasteiger partial charge in [0, 0.05) is 5.69 Å². The van der Waals surface area contributed by atoms with Gasteiger partial charge in [-0.25, -0.2) is 0 Å². The average molecular weight is 370 g/mol. The number of unbranched alkanes of at least 4 members (excludes halogenated alkanes) is 3. The number of anilines is 1. The van der Waals surface area contributed by atoms with Gasteiger partial charge in [0.2, 0.25) is 0 Å². The molecule has 0 saturated carbocycles. The lowest BCUT2D eigenvalue weighted by atomic mass is 10.2. The zero-order chi connectivity index (χ0) is 19.5. The molecule has 1 amide bonds. The number of amides is 1. The Bertz CT molecular complexity index is 697. The van der Waals surface area contributed by atoms with E-state index in [1.54, 1.807) is 0 Å². The summed E-state index contributed by atoms with van der Waals surface area (Å²) in [6.45, 7) is 6.84. The van der Waals surface area contributed by atoms with Gasteiger partial charge in [-0.05, 0) is 55.7 Å². The molecule has 0 saturated heterocycles. The van der Waals surface area contributed by atoms with E-state index in [9.17, 15) is 4.79 Å². The lowest BCUT2D eigenvalue weighted by molar-refractivity contribution is -0.122. The Kier molecular flexibility index (Phi) is 8.69. The van der Waals surface area contributed by atoms with Crippen molar-refractivity contribution < 1.29 is 14.3 Å². The Balaban J connectivity index is 1.85. The first kappa shape index (κ1) is 20.8. The summed E-state index contributed by atoms with van der Waals surface area (Å²) in [5.74, 6) is 1.42. The second-order valence-electron chi connectivity index (χ2n) is 6.70. The highest BCUT2D eigenvalue weighted by atomic mass is 16.5. The number of carbonyl (C=O) groups is 1. The zero-order valence-electron chi connectivity index (χ0n) is 16.7. The first-order chi connectivity index (χ1) is 13.1. The van der Waals surface area contributed by atoms with Crippen LogP contribution in [0.15, 0.2) is 48.5 Å². The molecule has 4 heteroatoms. The van der Waals surface area contributed by atoms with Crippen molar-refractivity contribution in [2.75, 3.05) is 11.9 Å². The summed E-state index contributed by atoms with van der Waals surface area (Å²) in [7, 11) is 0. The number of ether oxygens (including phenoxy) is 2. The van der Waals surface area contributed by atoms with E-state index in [1.807, 2.05) is 62.4 Å². The van der Waals surface area contributed by atoms with Gasteiger partial charge in [-0.1, -0.05) is 51.3 Å². The van der Waals surface area contributed by atoms with Crippen molar-refractivity contribution in [2.24, 2.45) is 0 Å². The summed E-state index contributed by atoms with van der Waals surface area (Å²) in [4.78, 5) is 12.5. The van der Waals surface area contributed by atoms with Crippen molar-refractivity contribution in [2.45, 2.75) is 59.0 Å². The maximum atomic E-state index is 12.5. The summed E-state index contributed by atoms with van der Waals surface area (Å²) in [6.07, 6.45) is 4.81. The third-order valence-electron chi connectivity index (χ3n) is 4.41. The van der Waals surface area contributed by atoms with Crippen molar-refractivity contribution in [3.8, 4) is 11.5 Å². The molecular weight excluding hydrogens is 338 g/mol. The third kappa shape index (κ3) is 6.97. The Labute approximate surface area is 162 Å². The molecule has 2 rings (SSSR count). The number of hydrogen-bond acceptors (Lipinski definition) is 3. The van der Waals surface area contributed by atoms with Crippen LogP contribution in [0.1, 0.15) is 51.5 Å². The van der Waals surface area contributed by atoms with Crippen LogP contribution in [0.2, 0.25) is 0 Å². The monoisotopic (exact) mass is 369 g/mol. The van der Waals surface area contributed by atoms with E-state index in [-0.39, 0.29) is 5.91 Å². The summed E-state index contributed by atoms with van der Waals surface area (Å²) < 4.78 is 11.6. The zero-order valence-corrected chi connectivity index (χ0v) is 16.7. The van der Waals surface area contributed by atoms with E-state index in [1.165, 1.54) is 19.3 Å². The fourth-order valence-corrected chi connectivity index (χ4v) is 2.74. The lowest BCUT2D eigenvalue weighted by Gasteiger charge is -2.18. The number of aryl methyl sites for hydroxylation is 1. The molecule has 0 aliphatic heterocycles. The molecule has 146 valence electrons. The van der Waals surface area contributed by atoms with Gasteiger partial charge in [-0.3, -0.25) is 4.79 Å². The standard InChI is InChI=1S/C23H31NO3/c1-4-6-7-10-17-26-20-15-13-19(14-16-20)24-23(25)21(5-2)27-22-12-9-8-11-18(22)3/h8-9,11-16,21H,4-7,10,17H2,1-3H3,(H,24,25). The first-order valence-electron chi connectivity index (χ1n) is 9.90. The van der Waals surface area contributed by atoms with E-state index in [0.717, 1.165) is 35.8 Å². The predicted octanol–water partition coefficient (Wildman–Crippen LogP) is 5.75. The highest BCUT2D eigenvalue weighted by molar-refractivity contribution is 5.94. The third-order valence-corrected chi connectivity index (χ3v) is 4.41. The molecule has 1 atom stereocenters. The van der Waals surface area contributed by atoms with Gasteiger partial charge in [-0.15, -0.1) is 0 Å². The van der Waals surface area contributed by atoms with Crippen molar-refractivity contribution in [3.05, 3.63) is 54.1 Å². The Hall–Kier alpha value is -2.49. The minimum absolute atomic E-state index is 0.144. The van der Waals surface area contributed by atoms with Crippen molar-refractivity contribution >= 4 is 11.6 Å². The molecule has 0 aliphatic carbocycles. The molecule has 0 fully saturated rings. The topological polar surface area (TPSA) is 47.6 Å². The summed E-state index contributed by atoms with van der Waals surface area (Å²) in [5, 5.41) is 2.92. The van der Waals surface area contributed by atoms with Gasteiger partial charge in [0.1, 0.15) is 11.5 Å². The smallest absolute Gasteiger partial charge is 0.265 e. The molecule has 0 aromatic heterocycles. The van der Waals surface area contributed by atoms with Gasteiger partial charge in [0.25, 0.3) is 5.91 Å². The summed E-state index contributed by atoms with van der Waals surface area (Å²) >= 11 is 0. The van der Waals surface area contributed by atoms with Crippen LogP contribution in [0.3, 0.4) is 0 Å².